The first kappa shape index (κ1) is 14.0. The molecular formula is C18H23ClFN. The van der Waals surface area contributed by atoms with E-state index >= 15 is 0 Å². The van der Waals surface area contributed by atoms with Gasteiger partial charge in [0.25, 0.3) is 0 Å². The van der Waals surface area contributed by atoms with E-state index in [2.05, 4.69) is 5.32 Å². The molecule has 3 saturated carbocycles. The average Bonchev–Trinajstić information content (AvgIpc) is 3.10. The van der Waals surface area contributed by atoms with Crippen molar-refractivity contribution in [1.82, 2.24) is 5.32 Å². The van der Waals surface area contributed by atoms with Crippen LogP contribution in [-0.2, 0) is 6.42 Å². The van der Waals surface area contributed by atoms with Crippen LogP contribution in [0, 0.1) is 23.1 Å². The number of benzene rings is 1. The van der Waals surface area contributed by atoms with E-state index in [4.69, 9.17) is 11.6 Å². The molecule has 3 atom stereocenters. The number of fused-ring (bicyclic) bond motifs is 2. The maximum Gasteiger partial charge on any atom is 0.142 e. The van der Waals surface area contributed by atoms with E-state index < -0.39 is 0 Å². The highest BCUT2D eigenvalue weighted by molar-refractivity contribution is 6.30. The highest BCUT2D eigenvalue weighted by Gasteiger charge is 2.50. The molecule has 1 aromatic rings. The molecule has 4 rings (SSSR count). The minimum absolute atomic E-state index is 0.233. The van der Waals surface area contributed by atoms with E-state index in [-0.39, 0.29) is 10.8 Å². The Morgan fingerprint density at radius 3 is 2.71 bits per heavy atom. The van der Waals surface area contributed by atoms with E-state index in [1.807, 2.05) is 6.07 Å². The van der Waals surface area contributed by atoms with Gasteiger partial charge in [0.1, 0.15) is 5.82 Å². The molecule has 3 unspecified atom stereocenters. The number of halogens is 2. The maximum absolute atomic E-state index is 13.7. The molecule has 3 aliphatic rings. The van der Waals surface area contributed by atoms with Gasteiger partial charge in [0, 0.05) is 12.6 Å². The average molecular weight is 308 g/mol. The predicted octanol–water partition coefficient (Wildman–Crippen LogP) is 4.58. The first-order chi connectivity index (χ1) is 10.1. The van der Waals surface area contributed by atoms with Crippen LogP contribution >= 0.6 is 11.6 Å². The molecule has 0 amide bonds. The van der Waals surface area contributed by atoms with Gasteiger partial charge in [-0.2, -0.15) is 0 Å². The Balaban J connectivity index is 1.55. The lowest BCUT2D eigenvalue weighted by atomic mass is 9.69. The molecule has 0 aliphatic heterocycles. The number of hydrogen-bond donors (Lipinski definition) is 1. The van der Waals surface area contributed by atoms with Gasteiger partial charge in [-0.25, -0.2) is 4.39 Å². The van der Waals surface area contributed by atoms with Gasteiger partial charge in [0.2, 0.25) is 0 Å². The summed E-state index contributed by atoms with van der Waals surface area (Å²) in [7, 11) is 0. The summed E-state index contributed by atoms with van der Waals surface area (Å²) in [6.07, 6.45) is 9.16. The number of nitrogens with one attached hydrogen (secondary N) is 1. The lowest BCUT2D eigenvalue weighted by Gasteiger charge is -2.38. The lowest BCUT2D eigenvalue weighted by Crippen LogP contribution is -2.41. The predicted molar refractivity (Wildman–Crippen MR) is 84.0 cm³/mol. The van der Waals surface area contributed by atoms with Gasteiger partial charge in [-0.3, -0.25) is 0 Å². The molecule has 21 heavy (non-hydrogen) atoms. The summed E-state index contributed by atoms with van der Waals surface area (Å²) in [6.45, 7) is 1.11. The van der Waals surface area contributed by atoms with Crippen molar-refractivity contribution in [3.63, 3.8) is 0 Å². The van der Waals surface area contributed by atoms with Crippen LogP contribution in [0.15, 0.2) is 18.2 Å². The van der Waals surface area contributed by atoms with Crippen molar-refractivity contribution in [2.45, 2.75) is 51.0 Å². The second-order valence-corrected chi connectivity index (χ2v) is 7.93. The molecule has 3 aliphatic carbocycles. The first-order valence-corrected chi connectivity index (χ1v) is 8.70. The number of rotatable bonds is 5. The summed E-state index contributed by atoms with van der Waals surface area (Å²) in [5, 5.41) is 3.98. The summed E-state index contributed by atoms with van der Waals surface area (Å²) in [5.41, 5.74) is 1.47. The van der Waals surface area contributed by atoms with Crippen molar-refractivity contribution in [1.29, 1.82) is 0 Å². The Labute approximate surface area is 131 Å². The van der Waals surface area contributed by atoms with E-state index in [1.54, 1.807) is 12.1 Å². The van der Waals surface area contributed by atoms with Gasteiger partial charge in [-0.05, 0) is 73.5 Å². The molecule has 0 saturated heterocycles. The number of hydrogen-bond acceptors (Lipinski definition) is 1. The van der Waals surface area contributed by atoms with Gasteiger partial charge in [-0.1, -0.05) is 24.1 Å². The minimum Gasteiger partial charge on any atom is -0.313 e. The fraction of sp³-hybridized carbons (Fsp3) is 0.667. The molecule has 0 radical (unpaired) electrons. The standard InChI is InChI=1S/C18H23ClFN/c19-16-6-2-13(8-17(16)20)10-18(11-21-15-4-5-15)9-12-1-3-14(18)7-12/h2,6,8,12,14-15,21H,1,3-5,7,9-11H2. The summed E-state index contributed by atoms with van der Waals surface area (Å²) in [5.74, 6) is 1.46. The molecule has 1 nitrogen and oxygen atoms in total. The summed E-state index contributed by atoms with van der Waals surface area (Å²) >= 11 is 5.82. The van der Waals surface area contributed by atoms with E-state index in [9.17, 15) is 4.39 Å². The molecule has 0 heterocycles. The highest BCUT2D eigenvalue weighted by atomic mass is 35.5. The second-order valence-electron chi connectivity index (χ2n) is 7.52. The van der Waals surface area contributed by atoms with Gasteiger partial charge < -0.3 is 5.32 Å². The molecule has 3 heteroatoms. The molecular weight excluding hydrogens is 285 g/mol. The third kappa shape index (κ3) is 2.73. The van der Waals surface area contributed by atoms with Crippen LogP contribution < -0.4 is 5.32 Å². The van der Waals surface area contributed by atoms with Crippen molar-refractivity contribution in [3.05, 3.63) is 34.6 Å². The van der Waals surface area contributed by atoms with Gasteiger partial charge >= 0.3 is 0 Å². The zero-order chi connectivity index (χ0) is 14.4. The Hall–Kier alpha value is -0.600. The Bertz CT molecular complexity index is 542. The van der Waals surface area contributed by atoms with Gasteiger partial charge in [0.15, 0.2) is 0 Å². The maximum atomic E-state index is 13.7. The van der Waals surface area contributed by atoms with Crippen LogP contribution in [0.1, 0.15) is 44.1 Å². The Morgan fingerprint density at radius 1 is 1.24 bits per heavy atom. The smallest absolute Gasteiger partial charge is 0.142 e. The lowest BCUT2D eigenvalue weighted by molar-refractivity contribution is 0.155. The van der Waals surface area contributed by atoms with Crippen LogP contribution in [0.4, 0.5) is 4.39 Å². The largest absolute Gasteiger partial charge is 0.313 e. The molecule has 1 aromatic carbocycles. The second kappa shape index (κ2) is 5.24. The minimum atomic E-state index is -0.275. The van der Waals surface area contributed by atoms with Crippen LogP contribution in [-0.4, -0.2) is 12.6 Å². The van der Waals surface area contributed by atoms with Crippen molar-refractivity contribution in [2.75, 3.05) is 6.54 Å². The SMILES string of the molecule is Fc1cc(CC2(CNC3CC3)CC3CCC2C3)ccc1Cl. The summed E-state index contributed by atoms with van der Waals surface area (Å²) < 4.78 is 13.7. The highest BCUT2D eigenvalue weighted by Crippen LogP contribution is 2.57. The quantitative estimate of drug-likeness (QED) is 0.839. The van der Waals surface area contributed by atoms with Crippen LogP contribution in [0.25, 0.3) is 0 Å². The third-order valence-corrected chi connectivity index (χ3v) is 6.27. The third-order valence-electron chi connectivity index (χ3n) is 5.96. The molecule has 2 bridgehead atoms. The van der Waals surface area contributed by atoms with Crippen LogP contribution in [0.3, 0.4) is 0 Å². The van der Waals surface area contributed by atoms with E-state index in [0.717, 1.165) is 36.4 Å². The Morgan fingerprint density at radius 2 is 2.10 bits per heavy atom. The van der Waals surface area contributed by atoms with Gasteiger partial charge in [-0.15, -0.1) is 0 Å². The molecule has 0 spiro atoms. The summed E-state index contributed by atoms with van der Waals surface area (Å²) in [4.78, 5) is 0. The molecule has 0 aromatic heterocycles. The van der Waals surface area contributed by atoms with E-state index in [0.29, 0.717) is 5.41 Å². The molecule has 3 fully saturated rings. The summed E-state index contributed by atoms with van der Waals surface area (Å²) in [6, 6.07) is 6.12. The van der Waals surface area contributed by atoms with Crippen LogP contribution in [0.2, 0.25) is 5.02 Å². The van der Waals surface area contributed by atoms with Gasteiger partial charge in [0.05, 0.1) is 5.02 Å². The van der Waals surface area contributed by atoms with Crippen molar-refractivity contribution in [2.24, 2.45) is 17.3 Å². The van der Waals surface area contributed by atoms with Crippen LogP contribution in [0.5, 0.6) is 0 Å². The monoisotopic (exact) mass is 307 g/mol. The van der Waals surface area contributed by atoms with Crippen molar-refractivity contribution in [3.8, 4) is 0 Å². The zero-order valence-corrected chi connectivity index (χ0v) is 13.1. The molecule has 114 valence electrons. The zero-order valence-electron chi connectivity index (χ0n) is 12.4. The van der Waals surface area contributed by atoms with E-state index in [1.165, 1.54) is 38.5 Å². The fourth-order valence-electron chi connectivity index (χ4n) is 4.74. The fourth-order valence-corrected chi connectivity index (χ4v) is 4.86. The first-order valence-electron chi connectivity index (χ1n) is 8.32. The van der Waals surface area contributed by atoms with Crippen molar-refractivity contribution < 1.29 is 4.39 Å². The Kier molecular flexibility index (Phi) is 3.50. The molecule has 1 N–H and O–H groups in total. The normalized spacial score (nSPS) is 34.6. The topological polar surface area (TPSA) is 12.0 Å². The van der Waals surface area contributed by atoms with Crippen molar-refractivity contribution >= 4 is 11.6 Å².